The van der Waals surface area contributed by atoms with Gasteiger partial charge in [-0.2, -0.15) is 0 Å². The van der Waals surface area contributed by atoms with Crippen molar-refractivity contribution in [1.82, 2.24) is 9.88 Å². The molecule has 0 saturated carbocycles. The third-order valence-corrected chi connectivity index (χ3v) is 3.90. The van der Waals surface area contributed by atoms with Crippen LogP contribution in [0.15, 0.2) is 35.1 Å². The number of phenols is 2. The van der Waals surface area contributed by atoms with E-state index >= 15 is 0 Å². The van der Waals surface area contributed by atoms with Gasteiger partial charge in [0.25, 0.3) is 11.8 Å². The van der Waals surface area contributed by atoms with E-state index in [1.54, 1.807) is 0 Å². The van der Waals surface area contributed by atoms with Gasteiger partial charge < -0.3 is 14.6 Å². The average Bonchev–Trinajstić information content (AvgIpc) is 3.14. The molecule has 3 aromatic rings. The maximum absolute atomic E-state index is 13.0. The van der Waals surface area contributed by atoms with E-state index in [4.69, 9.17) is 4.42 Å². The van der Waals surface area contributed by atoms with E-state index in [0.29, 0.717) is 5.56 Å². The number of carbonyl (C=O) groups excluding carboxylic acids is 2. The molecule has 2 N–H and O–H groups in total. The molecule has 0 saturated heterocycles. The highest BCUT2D eigenvalue weighted by atomic mass is 19.1. The van der Waals surface area contributed by atoms with E-state index in [0.717, 1.165) is 11.3 Å². The number of halogens is 1. The van der Waals surface area contributed by atoms with Crippen molar-refractivity contribution in [2.24, 2.45) is 0 Å². The van der Waals surface area contributed by atoms with Crippen LogP contribution < -0.4 is 0 Å². The summed E-state index contributed by atoms with van der Waals surface area (Å²) in [5.74, 6) is -3.05. The summed E-state index contributed by atoms with van der Waals surface area (Å²) in [7, 11) is 0. The van der Waals surface area contributed by atoms with E-state index < -0.39 is 29.1 Å². The number of rotatable bonds is 2. The minimum Gasteiger partial charge on any atom is -0.505 e. The molecule has 0 fully saturated rings. The standard InChI is InChI=1S/C16H9FN2O5/c17-8-3-1-7(2-4-8)5-19-15(22)9-10(16(19)23)13(21)14-11(12(9)20)18-6-24-14/h1-4,6,20-21H,5H2. The Morgan fingerprint density at radius 2 is 1.67 bits per heavy atom. The lowest BCUT2D eigenvalue weighted by Gasteiger charge is -2.13. The number of oxazole rings is 1. The molecule has 24 heavy (non-hydrogen) atoms. The average molecular weight is 328 g/mol. The van der Waals surface area contributed by atoms with Crippen LogP contribution in [-0.2, 0) is 6.54 Å². The minimum atomic E-state index is -0.773. The van der Waals surface area contributed by atoms with Gasteiger partial charge in [-0.15, -0.1) is 0 Å². The molecule has 1 aromatic heterocycles. The van der Waals surface area contributed by atoms with Gasteiger partial charge in [-0.3, -0.25) is 14.5 Å². The zero-order chi connectivity index (χ0) is 17.0. The van der Waals surface area contributed by atoms with Gasteiger partial charge in [-0.05, 0) is 17.7 Å². The van der Waals surface area contributed by atoms with Crippen molar-refractivity contribution in [3.63, 3.8) is 0 Å². The number of hydrogen-bond donors (Lipinski definition) is 2. The number of phenolic OH excluding ortho intramolecular Hbond substituents is 2. The SMILES string of the molecule is O=C1c2c(c(O)c3ocnc3c2O)C(=O)N1Cc1ccc(F)cc1. The number of carbonyl (C=O) groups is 2. The maximum Gasteiger partial charge on any atom is 0.265 e. The normalized spacial score (nSPS) is 13.8. The number of amides is 2. The molecule has 7 nitrogen and oxygen atoms in total. The van der Waals surface area contributed by atoms with Crippen LogP contribution in [0.4, 0.5) is 4.39 Å². The van der Waals surface area contributed by atoms with E-state index in [2.05, 4.69) is 4.98 Å². The molecule has 0 aliphatic carbocycles. The fraction of sp³-hybridized carbons (Fsp3) is 0.0625. The van der Waals surface area contributed by atoms with E-state index in [9.17, 15) is 24.2 Å². The number of aromatic nitrogens is 1. The first kappa shape index (κ1) is 14.2. The Morgan fingerprint density at radius 1 is 1.04 bits per heavy atom. The zero-order valence-corrected chi connectivity index (χ0v) is 12.0. The summed E-state index contributed by atoms with van der Waals surface area (Å²) in [4.78, 5) is 29.6. The van der Waals surface area contributed by atoms with Gasteiger partial charge in [0.1, 0.15) is 16.9 Å². The van der Waals surface area contributed by atoms with Crippen molar-refractivity contribution in [3.05, 3.63) is 53.2 Å². The summed E-state index contributed by atoms with van der Waals surface area (Å²) in [5.41, 5.74) is -0.399. The van der Waals surface area contributed by atoms with Crippen LogP contribution >= 0.6 is 0 Å². The lowest BCUT2D eigenvalue weighted by atomic mass is 10.1. The van der Waals surface area contributed by atoms with Crippen LogP contribution in [0.25, 0.3) is 11.1 Å². The first-order chi connectivity index (χ1) is 11.5. The molecular formula is C16H9FN2O5. The quantitative estimate of drug-likeness (QED) is 0.552. The molecule has 4 rings (SSSR count). The summed E-state index contributed by atoms with van der Waals surface area (Å²) in [5, 5.41) is 20.4. The third kappa shape index (κ3) is 1.79. The Labute approximate surface area is 133 Å². The zero-order valence-electron chi connectivity index (χ0n) is 12.0. The number of nitrogens with zero attached hydrogens (tertiary/aromatic N) is 2. The summed E-state index contributed by atoms with van der Waals surface area (Å²) in [6, 6.07) is 5.29. The Morgan fingerprint density at radius 3 is 2.33 bits per heavy atom. The number of imide groups is 1. The Balaban J connectivity index is 1.82. The smallest absolute Gasteiger partial charge is 0.265 e. The van der Waals surface area contributed by atoms with Gasteiger partial charge in [0.05, 0.1) is 6.54 Å². The molecule has 0 unspecified atom stereocenters. The highest BCUT2D eigenvalue weighted by Crippen LogP contribution is 2.43. The molecule has 2 aromatic carbocycles. The third-order valence-electron chi connectivity index (χ3n) is 3.90. The predicted molar refractivity (Wildman–Crippen MR) is 77.9 cm³/mol. The van der Waals surface area contributed by atoms with Crippen LogP contribution in [0.5, 0.6) is 11.5 Å². The molecular weight excluding hydrogens is 319 g/mol. The Bertz CT molecular complexity index is 953. The maximum atomic E-state index is 13.0. The van der Waals surface area contributed by atoms with Gasteiger partial charge in [-0.25, -0.2) is 9.37 Å². The largest absolute Gasteiger partial charge is 0.505 e. The second kappa shape index (κ2) is 4.79. The second-order valence-electron chi connectivity index (χ2n) is 5.30. The minimum absolute atomic E-state index is 0.101. The Kier molecular flexibility index (Phi) is 2.83. The van der Waals surface area contributed by atoms with Crippen molar-refractivity contribution >= 4 is 22.9 Å². The summed E-state index contributed by atoms with van der Waals surface area (Å²) in [6.07, 6.45) is 0.991. The molecule has 0 atom stereocenters. The van der Waals surface area contributed by atoms with Crippen LogP contribution in [-0.4, -0.2) is 31.9 Å². The fourth-order valence-corrected chi connectivity index (χ4v) is 2.75. The summed E-state index contributed by atoms with van der Waals surface area (Å²) >= 11 is 0. The van der Waals surface area contributed by atoms with Crippen molar-refractivity contribution in [2.45, 2.75) is 6.54 Å². The number of hydrogen-bond acceptors (Lipinski definition) is 6. The molecule has 2 heterocycles. The van der Waals surface area contributed by atoms with Gasteiger partial charge in [-0.1, -0.05) is 12.1 Å². The lowest BCUT2D eigenvalue weighted by molar-refractivity contribution is 0.0641. The molecule has 0 bridgehead atoms. The van der Waals surface area contributed by atoms with Crippen LogP contribution in [0, 0.1) is 5.82 Å². The number of fused-ring (bicyclic) bond motifs is 2. The lowest BCUT2D eigenvalue weighted by Crippen LogP contribution is -2.29. The topological polar surface area (TPSA) is 104 Å². The van der Waals surface area contributed by atoms with Gasteiger partial charge in [0.15, 0.2) is 23.4 Å². The molecule has 2 amide bonds. The summed E-state index contributed by atoms with van der Waals surface area (Å²) < 4.78 is 17.9. The molecule has 8 heteroatoms. The molecule has 1 aliphatic rings. The number of aromatic hydroxyl groups is 2. The van der Waals surface area contributed by atoms with E-state index in [1.165, 1.54) is 24.3 Å². The van der Waals surface area contributed by atoms with Crippen LogP contribution in [0.2, 0.25) is 0 Å². The van der Waals surface area contributed by atoms with Crippen molar-refractivity contribution < 1.29 is 28.6 Å². The van der Waals surface area contributed by atoms with Crippen molar-refractivity contribution in [3.8, 4) is 11.5 Å². The van der Waals surface area contributed by atoms with Gasteiger partial charge in [0, 0.05) is 0 Å². The van der Waals surface area contributed by atoms with E-state index in [1.807, 2.05) is 0 Å². The predicted octanol–water partition coefficient (Wildman–Crippen LogP) is 2.17. The highest BCUT2D eigenvalue weighted by molar-refractivity contribution is 6.26. The summed E-state index contributed by atoms with van der Waals surface area (Å²) in [6.45, 7) is -0.125. The monoisotopic (exact) mass is 328 g/mol. The molecule has 0 radical (unpaired) electrons. The first-order valence-corrected chi connectivity index (χ1v) is 6.90. The van der Waals surface area contributed by atoms with Crippen molar-refractivity contribution in [1.29, 1.82) is 0 Å². The molecule has 0 spiro atoms. The van der Waals surface area contributed by atoms with Crippen LogP contribution in [0.1, 0.15) is 26.3 Å². The Hall–Kier alpha value is -3.42. The highest BCUT2D eigenvalue weighted by Gasteiger charge is 2.42. The van der Waals surface area contributed by atoms with Crippen molar-refractivity contribution in [2.75, 3.05) is 0 Å². The molecule has 120 valence electrons. The van der Waals surface area contributed by atoms with E-state index in [-0.39, 0.29) is 28.8 Å². The van der Waals surface area contributed by atoms with Gasteiger partial charge in [0.2, 0.25) is 5.58 Å². The fourth-order valence-electron chi connectivity index (χ4n) is 2.75. The van der Waals surface area contributed by atoms with Crippen LogP contribution in [0.3, 0.4) is 0 Å². The van der Waals surface area contributed by atoms with Gasteiger partial charge >= 0.3 is 0 Å². The number of benzene rings is 2. The first-order valence-electron chi connectivity index (χ1n) is 6.90. The molecule has 1 aliphatic heterocycles. The second-order valence-corrected chi connectivity index (χ2v) is 5.30.